The van der Waals surface area contributed by atoms with Gasteiger partial charge in [0.2, 0.25) is 0 Å². The predicted molar refractivity (Wildman–Crippen MR) is 57.4 cm³/mol. The lowest BCUT2D eigenvalue weighted by Crippen LogP contribution is -2.13. The van der Waals surface area contributed by atoms with Crippen molar-refractivity contribution in [2.24, 2.45) is 0 Å². The van der Waals surface area contributed by atoms with Crippen molar-refractivity contribution < 1.29 is 4.42 Å². The summed E-state index contributed by atoms with van der Waals surface area (Å²) in [7, 11) is 0. The Morgan fingerprint density at radius 3 is 3.20 bits per heavy atom. The van der Waals surface area contributed by atoms with E-state index in [9.17, 15) is 0 Å². The van der Waals surface area contributed by atoms with Crippen LogP contribution < -0.4 is 5.32 Å². The van der Waals surface area contributed by atoms with Gasteiger partial charge in [-0.2, -0.15) is 5.10 Å². The van der Waals surface area contributed by atoms with Crippen LogP contribution in [0.4, 0.5) is 0 Å². The van der Waals surface area contributed by atoms with E-state index in [0.29, 0.717) is 0 Å². The summed E-state index contributed by atoms with van der Waals surface area (Å²) in [4.78, 5) is 0. The van der Waals surface area contributed by atoms with Gasteiger partial charge in [0.25, 0.3) is 0 Å². The summed E-state index contributed by atoms with van der Waals surface area (Å²) in [6.45, 7) is 4.57. The number of hydrogen-bond donors (Lipinski definition) is 1. The molecule has 0 atom stereocenters. The van der Waals surface area contributed by atoms with Crippen LogP contribution in [0.15, 0.2) is 35.2 Å². The first-order chi connectivity index (χ1) is 7.40. The minimum atomic E-state index is 0.768. The summed E-state index contributed by atoms with van der Waals surface area (Å²) in [5.74, 6) is 0.993. The first kappa shape index (κ1) is 9.98. The van der Waals surface area contributed by atoms with Crippen LogP contribution in [0, 0.1) is 0 Å². The predicted octanol–water partition coefficient (Wildman–Crippen LogP) is 1.63. The molecule has 4 nitrogen and oxygen atoms in total. The quantitative estimate of drug-likeness (QED) is 0.806. The average Bonchev–Trinajstić information content (AvgIpc) is 2.87. The molecule has 0 fully saturated rings. The summed E-state index contributed by atoms with van der Waals surface area (Å²) in [6, 6.07) is 3.92. The van der Waals surface area contributed by atoms with Gasteiger partial charge in [-0.3, -0.25) is 4.68 Å². The molecule has 0 amide bonds. The molecule has 4 heteroatoms. The molecule has 0 bridgehead atoms. The van der Waals surface area contributed by atoms with Crippen molar-refractivity contribution in [3.8, 4) is 0 Å². The van der Waals surface area contributed by atoms with Gasteiger partial charge in [0, 0.05) is 18.0 Å². The Kier molecular flexibility index (Phi) is 3.19. The Hall–Kier alpha value is -1.55. The number of furan rings is 1. The second-order valence-electron chi connectivity index (χ2n) is 3.35. The van der Waals surface area contributed by atoms with Gasteiger partial charge in [-0.25, -0.2) is 0 Å². The Morgan fingerprint density at radius 1 is 1.53 bits per heavy atom. The van der Waals surface area contributed by atoms with Crippen molar-refractivity contribution in [2.75, 3.05) is 6.54 Å². The maximum atomic E-state index is 5.41. The van der Waals surface area contributed by atoms with E-state index in [1.54, 1.807) is 12.5 Å². The molecule has 2 rings (SSSR count). The molecule has 0 spiro atoms. The minimum Gasteiger partial charge on any atom is -0.468 e. The third kappa shape index (κ3) is 2.47. The highest BCUT2D eigenvalue weighted by atomic mass is 16.3. The standard InChI is InChI=1S/C11H15N3O/c1-2-12-8-11-10(4-7-15-11)9-14-6-3-5-13-14/h3-7,12H,2,8-9H2,1H3. The molecule has 2 aromatic heterocycles. The molecule has 0 radical (unpaired) electrons. The zero-order chi connectivity index (χ0) is 10.5. The topological polar surface area (TPSA) is 43.0 Å². The fraction of sp³-hybridized carbons (Fsp3) is 0.364. The lowest BCUT2D eigenvalue weighted by Gasteiger charge is -2.03. The van der Waals surface area contributed by atoms with Crippen molar-refractivity contribution in [3.05, 3.63) is 42.1 Å². The molecular weight excluding hydrogens is 190 g/mol. The molecule has 0 saturated carbocycles. The van der Waals surface area contributed by atoms with E-state index in [-0.39, 0.29) is 0 Å². The molecule has 0 aromatic carbocycles. The fourth-order valence-corrected chi connectivity index (χ4v) is 1.47. The zero-order valence-corrected chi connectivity index (χ0v) is 8.81. The van der Waals surface area contributed by atoms with Crippen LogP contribution in [-0.2, 0) is 13.1 Å². The molecule has 0 aliphatic rings. The van der Waals surface area contributed by atoms with Crippen molar-refractivity contribution in [3.63, 3.8) is 0 Å². The van der Waals surface area contributed by atoms with E-state index < -0.39 is 0 Å². The van der Waals surface area contributed by atoms with E-state index in [1.807, 2.05) is 23.0 Å². The molecule has 2 aromatic rings. The van der Waals surface area contributed by atoms with Crippen molar-refractivity contribution in [1.82, 2.24) is 15.1 Å². The van der Waals surface area contributed by atoms with E-state index in [1.165, 1.54) is 5.56 Å². The van der Waals surface area contributed by atoms with Gasteiger partial charge < -0.3 is 9.73 Å². The number of nitrogens with one attached hydrogen (secondary N) is 1. The maximum Gasteiger partial charge on any atom is 0.122 e. The van der Waals surface area contributed by atoms with Gasteiger partial charge in [-0.05, 0) is 18.7 Å². The highest BCUT2D eigenvalue weighted by Gasteiger charge is 2.05. The number of hydrogen-bond acceptors (Lipinski definition) is 3. The van der Waals surface area contributed by atoms with E-state index in [4.69, 9.17) is 4.42 Å². The molecule has 0 saturated heterocycles. The smallest absolute Gasteiger partial charge is 0.122 e. The van der Waals surface area contributed by atoms with Crippen LogP contribution in [0.2, 0.25) is 0 Å². The average molecular weight is 205 g/mol. The van der Waals surface area contributed by atoms with Gasteiger partial charge in [0.05, 0.1) is 19.4 Å². The molecule has 2 heterocycles. The molecule has 0 aliphatic carbocycles. The van der Waals surface area contributed by atoms with E-state index >= 15 is 0 Å². The zero-order valence-electron chi connectivity index (χ0n) is 8.81. The first-order valence-electron chi connectivity index (χ1n) is 5.13. The summed E-state index contributed by atoms with van der Waals surface area (Å²) < 4.78 is 7.30. The molecule has 1 N–H and O–H groups in total. The second-order valence-corrected chi connectivity index (χ2v) is 3.35. The molecule has 0 unspecified atom stereocenters. The fourth-order valence-electron chi connectivity index (χ4n) is 1.47. The SMILES string of the molecule is CCNCc1occc1Cn1cccn1. The van der Waals surface area contributed by atoms with Gasteiger partial charge in [0.1, 0.15) is 5.76 Å². The van der Waals surface area contributed by atoms with Crippen LogP contribution >= 0.6 is 0 Å². The van der Waals surface area contributed by atoms with Crippen LogP contribution in [0.5, 0.6) is 0 Å². The van der Waals surface area contributed by atoms with Crippen molar-refractivity contribution >= 4 is 0 Å². The van der Waals surface area contributed by atoms with E-state index in [2.05, 4.69) is 17.3 Å². The van der Waals surface area contributed by atoms with Gasteiger partial charge in [0.15, 0.2) is 0 Å². The van der Waals surface area contributed by atoms with Crippen molar-refractivity contribution in [2.45, 2.75) is 20.0 Å². The summed E-state index contributed by atoms with van der Waals surface area (Å²) in [5, 5.41) is 7.41. The third-order valence-electron chi connectivity index (χ3n) is 2.26. The third-order valence-corrected chi connectivity index (χ3v) is 2.26. The molecule has 80 valence electrons. The number of aromatic nitrogens is 2. The lowest BCUT2D eigenvalue weighted by atomic mass is 10.2. The Morgan fingerprint density at radius 2 is 2.47 bits per heavy atom. The summed E-state index contributed by atoms with van der Waals surface area (Å²) in [6.07, 6.45) is 5.46. The summed E-state index contributed by atoms with van der Waals surface area (Å²) >= 11 is 0. The maximum absolute atomic E-state index is 5.41. The highest BCUT2D eigenvalue weighted by Crippen LogP contribution is 2.11. The Bertz CT molecular complexity index is 392. The Balaban J connectivity index is 2.04. The molecule has 0 aliphatic heterocycles. The van der Waals surface area contributed by atoms with E-state index in [0.717, 1.165) is 25.4 Å². The van der Waals surface area contributed by atoms with Crippen LogP contribution in [0.25, 0.3) is 0 Å². The van der Waals surface area contributed by atoms with Crippen molar-refractivity contribution in [1.29, 1.82) is 0 Å². The van der Waals surface area contributed by atoms with Crippen LogP contribution in [0.3, 0.4) is 0 Å². The lowest BCUT2D eigenvalue weighted by molar-refractivity contribution is 0.479. The number of nitrogens with zero attached hydrogens (tertiary/aromatic N) is 2. The van der Waals surface area contributed by atoms with Gasteiger partial charge in [-0.1, -0.05) is 6.92 Å². The Labute approximate surface area is 88.9 Å². The largest absolute Gasteiger partial charge is 0.468 e. The monoisotopic (exact) mass is 205 g/mol. The van der Waals surface area contributed by atoms with Crippen LogP contribution in [-0.4, -0.2) is 16.3 Å². The first-order valence-corrected chi connectivity index (χ1v) is 5.13. The number of rotatable bonds is 5. The normalized spacial score (nSPS) is 10.7. The van der Waals surface area contributed by atoms with Gasteiger partial charge in [-0.15, -0.1) is 0 Å². The molecular formula is C11H15N3O. The second kappa shape index (κ2) is 4.79. The van der Waals surface area contributed by atoms with Crippen LogP contribution in [0.1, 0.15) is 18.2 Å². The minimum absolute atomic E-state index is 0.768. The molecule has 15 heavy (non-hydrogen) atoms. The summed E-state index contributed by atoms with van der Waals surface area (Å²) in [5.41, 5.74) is 1.18. The highest BCUT2D eigenvalue weighted by molar-refractivity contribution is 5.17. The van der Waals surface area contributed by atoms with Gasteiger partial charge >= 0.3 is 0 Å².